The number of amidine groups is 1. The first kappa shape index (κ1) is 49.3. The molecule has 2 heterocycles. The number of sulfonamides is 1. The zero-order chi connectivity index (χ0) is 46.4. The Hall–Kier alpha value is -4.68. The van der Waals surface area contributed by atoms with Gasteiger partial charge < -0.3 is 30.1 Å². The molecule has 1 saturated heterocycles. The fourth-order valence-electron chi connectivity index (χ4n) is 7.32. The van der Waals surface area contributed by atoms with E-state index in [0.717, 1.165) is 18.4 Å². The summed E-state index contributed by atoms with van der Waals surface area (Å²) in [5, 5.41) is 9.54. The van der Waals surface area contributed by atoms with Gasteiger partial charge in [-0.1, -0.05) is 32.0 Å². The van der Waals surface area contributed by atoms with Gasteiger partial charge >= 0.3 is 5.97 Å². The van der Waals surface area contributed by atoms with E-state index in [-0.39, 0.29) is 67.8 Å². The largest absolute Gasteiger partial charge is 0.420 e. The summed E-state index contributed by atoms with van der Waals surface area (Å²) < 4.78 is 95.5. The van der Waals surface area contributed by atoms with Gasteiger partial charge in [-0.3, -0.25) is 9.59 Å². The second-order valence-electron chi connectivity index (χ2n) is 17.6. The fourth-order valence-corrected chi connectivity index (χ4v) is 8.94. The Bertz CT molecular complexity index is 2320. The van der Waals surface area contributed by atoms with Crippen molar-refractivity contribution in [3.63, 3.8) is 0 Å². The minimum Gasteiger partial charge on any atom is -0.420 e. The Kier molecular flexibility index (Phi) is 16.0. The average molecular weight is 902 g/mol. The van der Waals surface area contributed by atoms with Crippen molar-refractivity contribution in [2.75, 3.05) is 53.0 Å². The molecular formula is C46H59F4N5O7S. The van der Waals surface area contributed by atoms with E-state index in [9.17, 15) is 40.7 Å². The van der Waals surface area contributed by atoms with Crippen LogP contribution in [0.15, 0.2) is 57.9 Å². The number of hydrogen-bond donors (Lipinski definition) is 2. The molecule has 0 spiro atoms. The Morgan fingerprint density at radius 1 is 0.937 bits per heavy atom. The van der Waals surface area contributed by atoms with E-state index in [1.807, 2.05) is 63.9 Å². The van der Waals surface area contributed by atoms with Crippen LogP contribution < -0.4 is 10.5 Å². The molecule has 2 aliphatic rings. The number of aliphatic imine (C=N–C) groups is 1. The molecule has 0 saturated carbocycles. The predicted octanol–water partition coefficient (Wildman–Crippen LogP) is 7.59. The lowest BCUT2D eigenvalue weighted by Crippen LogP contribution is -2.51. The van der Waals surface area contributed by atoms with Crippen molar-refractivity contribution in [3.8, 4) is 16.9 Å². The number of nitrogens with two attached hydrogens (primary N) is 1. The monoisotopic (exact) mass is 901 g/mol. The zero-order valence-electron chi connectivity index (χ0n) is 37.1. The number of amides is 1. The second-order valence-corrected chi connectivity index (χ2v) is 19.6. The summed E-state index contributed by atoms with van der Waals surface area (Å²) in [6.45, 7) is 13.3. The summed E-state index contributed by atoms with van der Waals surface area (Å²) in [5.41, 5.74) is 8.32. The highest BCUT2D eigenvalue weighted by Gasteiger charge is 2.37. The van der Waals surface area contributed by atoms with Crippen LogP contribution in [-0.4, -0.2) is 104 Å². The number of esters is 1. The van der Waals surface area contributed by atoms with Crippen molar-refractivity contribution >= 4 is 39.5 Å². The first-order valence-electron chi connectivity index (χ1n) is 21.2. The summed E-state index contributed by atoms with van der Waals surface area (Å²) in [6, 6.07) is 10.6. The van der Waals surface area contributed by atoms with Gasteiger partial charge in [0.25, 0.3) is 0 Å². The molecule has 5 rings (SSSR count). The molecule has 3 N–H and O–H groups in total. The van der Waals surface area contributed by atoms with Crippen LogP contribution in [0.25, 0.3) is 17.2 Å². The number of benzene rings is 3. The second kappa shape index (κ2) is 20.4. The van der Waals surface area contributed by atoms with Crippen LogP contribution in [0.5, 0.6) is 5.75 Å². The van der Waals surface area contributed by atoms with Crippen LogP contribution >= 0.6 is 0 Å². The molecule has 0 bridgehead atoms. The third-order valence-electron chi connectivity index (χ3n) is 11.3. The van der Waals surface area contributed by atoms with Crippen LogP contribution in [-0.2, 0) is 30.9 Å². The lowest BCUT2D eigenvalue weighted by Gasteiger charge is -2.37. The lowest BCUT2D eigenvalue weighted by atomic mass is 9.90. The van der Waals surface area contributed by atoms with E-state index in [1.54, 1.807) is 18.2 Å². The maximum atomic E-state index is 14.2. The van der Waals surface area contributed by atoms with Crippen molar-refractivity contribution in [3.05, 3.63) is 82.4 Å². The van der Waals surface area contributed by atoms with E-state index >= 15 is 0 Å². The van der Waals surface area contributed by atoms with Crippen molar-refractivity contribution in [1.29, 1.82) is 0 Å². The molecule has 1 amide bonds. The lowest BCUT2D eigenvalue weighted by molar-refractivity contribution is -0.146. The minimum absolute atomic E-state index is 0.0301. The van der Waals surface area contributed by atoms with Gasteiger partial charge in [0.1, 0.15) is 5.84 Å². The maximum Gasteiger partial charge on any atom is 0.317 e. The standard InChI is InChI=1S/C46H59F4N5O7S/c1-8-16-54(17-9-2)43(57)33-20-31-11-10-30(21-38(31)52-39(51)22-33)35-23-34(63(59,60)55-25-29(26-55)28-56)13-12-32(35)27-53(7)18-14-46(5,6)61-19-15-45(3,4)44(58)62-42-40(49)36(47)24-37(48)41(42)50/h10-13,20-21,23-24,29,56H,8-9,14-19,22,25-28H2,1-7H3,(H2,51,52). The molecule has 0 unspecified atom stereocenters. The predicted molar refractivity (Wildman–Crippen MR) is 234 cm³/mol. The topological polar surface area (TPSA) is 155 Å². The molecule has 0 aromatic heterocycles. The van der Waals surface area contributed by atoms with Gasteiger partial charge in [0.15, 0.2) is 11.6 Å². The van der Waals surface area contributed by atoms with Crippen molar-refractivity contribution in [2.24, 2.45) is 22.1 Å². The van der Waals surface area contributed by atoms with E-state index in [0.29, 0.717) is 60.6 Å². The minimum atomic E-state index is -3.86. The van der Waals surface area contributed by atoms with Gasteiger partial charge in [-0.15, -0.1) is 0 Å². The fraction of sp³-hybridized carbons (Fsp3) is 0.500. The maximum absolute atomic E-state index is 14.2. The Morgan fingerprint density at radius 2 is 1.59 bits per heavy atom. The van der Waals surface area contributed by atoms with E-state index in [2.05, 4.69) is 4.90 Å². The van der Waals surface area contributed by atoms with Gasteiger partial charge in [-0.05, 0) is 101 Å². The quantitative estimate of drug-likeness (QED) is 0.0506. The first-order chi connectivity index (χ1) is 29.6. The van der Waals surface area contributed by atoms with Crippen LogP contribution in [0.2, 0.25) is 0 Å². The number of nitrogens with zero attached hydrogens (tertiary/aromatic N) is 4. The van der Waals surface area contributed by atoms with Gasteiger partial charge in [0.2, 0.25) is 33.3 Å². The molecular weight excluding hydrogens is 843 g/mol. The van der Waals surface area contributed by atoms with Crippen LogP contribution in [0.4, 0.5) is 23.2 Å². The molecule has 63 heavy (non-hydrogen) atoms. The first-order valence-corrected chi connectivity index (χ1v) is 22.6. The normalized spacial score (nSPS) is 15.1. The number of carbonyl (C=O) groups excluding carboxylic acids is 2. The van der Waals surface area contributed by atoms with Crippen LogP contribution in [0, 0.1) is 34.6 Å². The Balaban J connectivity index is 1.33. The Labute approximate surface area is 367 Å². The summed E-state index contributed by atoms with van der Waals surface area (Å²) in [5.74, 6) is -9.46. The zero-order valence-corrected chi connectivity index (χ0v) is 37.9. The molecule has 344 valence electrons. The van der Waals surface area contributed by atoms with Crippen molar-refractivity contribution in [2.45, 2.75) is 90.7 Å². The van der Waals surface area contributed by atoms with E-state index < -0.39 is 56.0 Å². The van der Waals surface area contributed by atoms with Crippen LogP contribution in [0.1, 0.15) is 84.8 Å². The summed E-state index contributed by atoms with van der Waals surface area (Å²) in [7, 11) is -1.95. The van der Waals surface area contributed by atoms with Crippen molar-refractivity contribution < 1.29 is 50.1 Å². The number of aliphatic hydroxyl groups excluding tert-OH is 1. The molecule has 0 radical (unpaired) electrons. The number of carbonyl (C=O) groups is 2. The molecule has 1 fully saturated rings. The summed E-state index contributed by atoms with van der Waals surface area (Å²) >= 11 is 0. The number of halogens is 4. The van der Waals surface area contributed by atoms with E-state index in [1.165, 1.54) is 18.2 Å². The van der Waals surface area contributed by atoms with Gasteiger partial charge in [-0.25, -0.2) is 22.2 Å². The number of aliphatic hydroxyl groups is 1. The SMILES string of the molecule is CCCN(CCC)C(=O)C1=Cc2ccc(-c3cc(S(=O)(=O)N4CC(CO)C4)ccc3CN(C)CCC(C)(C)OCCC(C)(C)C(=O)Oc3c(F)c(F)cc(F)c3F)cc2N=C(N)C1. The average Bonchev–Trinajstić information content (AvgIpc) is 3.37. The molecule has 3 aromatic rings. The molecule has 17 heteroatoms. The molecule has 0 atom stereocenters. The molecule has 0 aliphatic carbocycles. The van der Waals surface area contributed by atoms with Crippen LogP contribution in [0.3, 0.4) is 0 Å². The molecule has 12 nitrogen and oxygen atoms in total. The third-order valence-corrected chi connectivity index (χ3v) is 13.2. The van der Waals surface area contributed by atoms with Crippen molar-refractivity contribution in [1.82, 2.24) is 14.1 Å². The molecule has 2 aliphatic heterocycles. The summed E-state index contributed by atoms with van der Waals surface area (Å²) in [6.07, 6.45) is 4.23. The highest BCUT2D eigenvalue weighted by atomic mass is 32.2. The number of ether oxygens (including phenoxy) is 2. The Morgan fingerprint density at radius 3 is 2.21 bits per heavy atom. The van der Waals surface area contributed by atoms with Gasteiger partial charge in [0, 0.05) is 82.0 Å². The number of rotatable bonds is 20. The molecule has 3 aromatic carbocycles. The third kappa shape index (κ3) is 11.9. The van der Waals surface area contributed by atoms with E-state index in [4.69, 9.17) is 20.2 Å². The van der Waals surface area contributed by atoms with Gasteiger partial charge in [-0.2, -0.15) is 13.1 Å². The number of hydrogen-bond acceptors (Lipinski definition) is 10. The summed E-state index contributed by atoms with van der Waals surface area (Å²) in [4.78, 5) is 35.1. The van der Waals surface area contributed by atoms with Gasteiger partial charge in [0.05, 0.1) is 21.6 Å². The smallest absolute Gasteiger partial charge is 0.317 e. The highest BCUT2D eigenvalue weighted by molar-refractivity contribution is 7.89. The highest BCUT2D eigenvalue weighted by Crippen LogP contribution is 2.37. The number of fused-ring (bicyclic) bond motifs is 1.